The van der Waals surface area contributed by atoms with Gasteiger partial charge in [0.15, 0.2) is 5.82 Å². The molecule has 1 N–H and O–H groups in total. The standard InChI is InChI=1S/C16H11F3N4/c17-16(18,19)13-7-5-11(6-8-13)9-20-22-15-14-4-2-1-3-12(14)10-21-23-15/h1-10H,(H,22,23)/b20-9+. The van der Waals surface area contributed by atoms with Crippen LogP contribution in [0.1, 0.15) is 11.1 Å². The fourth-order valence-electron chi connectivity index (χ4n) is 2.04. The highest BCUT2D eigenvalue weighted by Gasteiger charge is 2.29. The van der Waals surface area contributed by atoms with E-state index in [1.807, 2.05) is 24.3 Å². The summed E-state index contributed by atoms with van der Waals surface area (Å²) in [6.07, 6.45) is -1.28. The molecule has 23 heavy (non-hydrogen) atoms. The zero-order chi connectivity index (χ0) is 16.3. The summed E-state index contributed by atoms with van der Waals surface area (Å²) in [7, 11) is 0. The number of anilines is 1. The molecule has 0 atom stereocenters. The van der Waals surface area contributed by atoms with E-state index in [-0.39, 0.29) is 0 Å². The molecule has 0 bridgehead atoms. The summed E-state index contributed by atoms with van der Waals surface area (Å²) in [5.41, 5.74) is 2.60. The molecular formula is C16H11F3N4. The van der Waals surface area contributed by atoms with Gasteiger partial charge in [-0.3, -0.25) is 5.43 Å². The van der Waals surface area contributed by atoms with Crippen molar-refractivity contribution < 1.29 is 13.2 Å². The van der Waals surface area contributed by atoms with Gasteiger partial charge in [-0.1, -0.05) is 36.4 Å². The zero-order valence-electron chi connectivity index (χ0n) is 11.7. The molecule has 0 aliphatic carbocycles. The quantitative estimate of drug-likeness (QED) is 0.585. The number of benzene rings is 2. The molecule has 2 aromatic carbocycles. The lowest BCUT2D eigenvalue weighted by molar-refractivity contribution is -0.137. The maximum Gasteiger partial charge on any atom is 0.416 e. The van der Waals surface area contributed by atoms with Crippen LogP contribution in [0, 0.1) is 0 Å². The summed E-state index contributed by atoms with van der Waals surface area (Å²) in [5, 5.41) is 13.6. The summed E-state index contributed by atoms with van der Waals surface area (Å²) in [4.78, 5) is 0. The van der Waals surface area contributed by atoms with Gasteiger partial charge < -0.3 is 0 Å². The lowest BCUT2D eigenvalue weighted by Crippen LogP contribution is -2.04. The molecule has 3 rings (SSSR count). The van der Waals surface area contributed by atoms with E-state index in [1.165, 1.54) is 18.3 Å². The Hall–Kier alpha value is -2.96. The Morgan fingerprint density at radius 1 is 1.00 bits per heavy atom. The van der Waals surface area contributed by atoms with Crippen LogP contribution in [0.4, 0.5) is 19.0 Å². The van der Waals surface area contributed by atoms with Crippen molar-refractivity contribution in [2.24, 2.45) is 5.10 Å². The van der Waals surface area contributed by atoms with Gasteiger partial charge in [-0.15, -0.1) is 5.10 Å². The minimum atomic E-state index is -4.34. The Labute approximate surface area is 129 Å². The second-order valence-corrected chi connectivity index (χ2v) is 4.77. The predicted molar refractivity (Wildman–Crippen MR) is 82.2 cm³/mol. The van der Waals surface area contributed by atoms with E-state index in [4.69, 9.17) is 0 Å². The number of hydrazone groups is 1. The number of rotatable bonds is 3. The van der Waals surface area contributed by atoms with E-state index < -0.39 is 11.7 Å². The smallest absolute Gasteiger partial charge is 0.259 e. The largest absolute Gasteiger partial charge is 0.416 e. The average Bonchev–Trinajstić information content (AvgIpc) is 2.55. The molecule has 0 radical (unpaired) electrons. The highest BCUT2D eigenvalue weighted by atomic mass is 19.4. The van der Waals surface area contributed by atoms with Crippen LogP contribution in [0.25, 0.3) is 10.8 Å². The van der Waals surface area contributed by atoms with Crippen molar-refractivity contribution in [1.29, 1.82) is 0 Å². The monoisotopic (exact) mass is 316 g/mol. The van der Waals surface area contributed by atoms with Crippen molar-refractivity contribution in [3.63, 3.8) is 0 Å². The molecule has 7 heteroatoms. The third-order valence-electron chi connectivity index (χ3n) is 3.19. The molecule has 0 unspecified atom stereocenters. The van der Waals surface area contributed by atoms with Crippen LogP contribution in [0.2, 0.25) is 0 Å². The molecule has 0 saturated heterocycles. The van der Waals surface area contributed by atoms with Crippen LogP contribution in [0.15, 0.2) is 59.8 Å². The second-order valence-electron chi connectivity index (χ2n) is 4.77. The van der Waals surface area contributed by atoms with Gasteiger partial charge >= 0.3 is 6.18 Å². The number of nitrogens with zero attached hydrogens (tertiary/aromatic N) is 3. The Morgan fingerprint density at radius 2 is 1.74 bits per heavy atom. The molecule has 1 heterocycles. The van der Waals surface area contributed by atoms with Crippen molar-refractivity contribution in [3.8, 4) is 0 Å². The van der Waals surface area contributed by atoms with E-state index in [2.05, 4.69) is 20.7 Å². The molecule has 0 aliphatic heterocycles. The van der Waals surface area contributed by atoms with E-state index in [9.17, 15) is 13.2 Å². The van der Waals surface area contributed by atoms with Gasteiger partial charge in [0, 0.05) is 10.8 Å². The van der Waals surface area contributed by atoms with Gasteiger partial charge in [-0.2, -0.15) is 23.4 Å². The highest BCUT2D eigenvalue weighted by molar-refractivity contribution is 5.91. The van der Waals surface area contributed by atoms with Gasteiger partial charge in [0.1, 0.15) is 0 Å². The number of hydrogen-bond acceptors (Lipinski definition) is 4. The molecular weight excluding hydrogens is 305 g/mol. The lowest BCUT2D eigenvalue weighted by Gasteiger charge is -2.06. The number of halogens is 3. The lowest BCUT2D eigenvalue weighted by atomic mass is 10.1. The number of nitrogens with one attached hydrogen (secondary N) is 1. The van der Waals surface area contributed by atoms with E-state index in [0.29, 0.717) is 11.4 Å². The van der Waals surface area contributed by atoms with Gasteiger partial charge in [0.05, 0.1) is 18.0 Å². The van der Waals surface area contributed by atoms with Crippen LogP contribution in [0.5, 0.6) is 0 Å². The summed E-state index contributed by atoms with van der Waals surface area (Å²) in [6.45, 7) is 0. The minimum Gasteiger partial charge on any atom is -0.259 e. The minimum absolute atomic E-state index is 0.478. The summed E-state index contributed by atoms with van der Waals surface area (Å²) in [6, 6.07) is 12.3. The van der Waals surface area contributed by atoms with Crippen molar-refractivity contribution in [1.82, 2.24) is 10.2 Å². The third kappa shape index (κ3) is 3.45. The van der Waals surface area contributed by atoms with Crippen molar-refractivity contribution in [3.05, 3.63) is 65.9 Å². The van der Waals surface area contributed by atoms with Crippen LogP contribution in [-0.4, -0.2) is 16.4 Å². The summed E-state index contributed by atoms with van der Waals surface area (Å²) in [5.74, 6) is 0.478. The first-order chi connectivity index (χ1) is 11.0. The Kier molecular flexibility index (Phi) is 3.92. The first kappa shape index (κ1) is 15.0. The van der Waals surface area contributed by atoms with Gasteiger partial charge in [0.25, 0.3) is 0 Å². The first-order valence-corrected chi connectivity index (χ1v) is 6.71. The fraction of sp³-hybridized carbons (Fsp3) is 0.0625. The van der Waals surface area contributed by atoms with Crippen LogP contribution < -0.4 is 5.43 Å². The average molecular weight is 316 g/mol. The molecule has 116 valence electrons. The Bertz CT molecular complexity index is 837. The van der Waals surface area contributed by atoms with Crippen molar-refractivity contribution >= 4 is 22.8 Å². The molecule has 0 aliphatic rings. The maximum absolute atomic E-state index is 12.5. The van der Waals surface area contributed by atoms with E-state index in [1.54, 1.807) is 6.20 Å². The molecule has 0 fully saturated rings. The van der Waals surface area contributed by atoms with Gasteiger partial charge in [-0.05, 0) is 17.7 Å². The Morgan fingerprint density at radius 3 is 2.48 bits per heavy atom. The third-order valence-corrected chi connectivity index (χ3v) is 3.19. The SMILES string of the molecule is FC(F)(F)c1ccc(/C=N/Nc2nncc3ccccc23)cc1. The number of aromatic nitrogens is 2. The molecule has 0 saturated carbocycles. The first-order valence-electron chi connectivity index (χ1n) is 6.71. The topological polar surface area (TPSA) is 50.2 Å². The van der Waals surface area contributed by atoms with E-state index >= 15 is 0 Å². The molecule has 3 aromatic rings. The molecule has 1 aromatic heterocycles. The summed E-state index contributed by atoms with van der Waals surface area (Å²) >= 11 is 0. The maximum atomic E-state index is 12.5. The normalized spacial score (nSPS) is 12.0. The van der Waals surface area contributed by atoms with Gasteiger partial charge in [-0.25, -0.2) is 0 Å². The van der Waals surface area contributed by atoms with Crippen LogP contribution in [-0.2, 0) is 6.18 Å². The summed E-state index contributed by atoms with van der Waals surface area (Å²) < 4.78 is 37.4. The van der Waals surface area contributed by atoms with Crippen molar-refractivity contribution in [2.45, 2.75) is 6.18 Å². The fourth-order valence-corrected chi connectivity index (χ4v) is 2.04. The van der Waals surface area contributed by atoms with Crippen LogP contribution in [0.3, 0.4) is 0 Å². The van der Waals surface area contributed by atoms with E-state index in [0.717, 1.165) is 22.9 Å². The molecule has 0 spiro atoms. The number of fused-ring (bicyclic) bond motifs is 1. The molecule has 4 nitrogen and oxygen atoms in total. The number of alkyl halides is 3. The number of hydrogen-bond donors (Lipinski definition) is 1. The predicted octanol–water partition coefficient (Wildman–Crippen LogP) is 4.09. The molecule has 0 amide bonds. The highest BCUT2D eigenvalue weighted by Crippen LogP contribution is 2.28. The van der Waals surface area contributed by atoms with Crippen LogP contribution >= 0.6 is 0 Å². The second kappa shape index (κ2) is 6.04. The van der Waals surface area contributed by atoms with Crippen molar-refractivity contribution in [2.75, 3.05) is 5.43 Å². The Balaban J connectivity index is 1.76. The zero-order valence-corrected chi connectivity index (χ0v) is 11.7. The van der Waals surface area contributed by atoms with Gasteiger partial charge in [0.2, 0.25) is 0 Å².